The third kappa shape index (κ3) is 10.2. The number of aryl methyl sites for hydroxylation is 1. The van der Waals surface area contributed by atoms with Gasteiger partial charge in [0.15, 0.2) is 0 Å². The number of carbonyl (C=O) groups is 2. The van der Waals surface area contributed by atoms with Crippen LogP contribution in [0.25, 0.3) is 5.95 Å². The Labute approximate surface area is 218 Å². The van der Waals surface area contributed by atoms with Gasteiger partial charge in [0.25, 0.3) is 0 Å². The van der Waals surface area contributed by atoms with Gasteiger partial charge in [-0.1, -0.05) is 6.07 Å². The van der Waals surface area contributed by atoms with Crippen molar-refractivity contribution in [2.24, 2.45) is 0 Å². The summed E-state index contributed by atoms with van der Waals surface area (Å²) in [6, 6.07) is 12.3. The molecule has 0 spiro atoms. The van der Waals surface area contributed by atoms with E-state index in [0.717, 1.165) is 50.2 Å². The zero-order valence-electron chi connectivity index (χ0n) is 20.4. The Balaban J connectivity index is 0.000000317. The second-order valence-corrected chi connectivity index (χ2v) is 7.92. The van der Waals surface area contributed by atoms with Gasteiger partial charge in [0.05, 0.1) is 0 Å². The minimum absolute atomic E-state index is 0.727. The van der Waals surface area contributed by atoms with Crippen LogP contribution < -0.4 is 4.90 Å². The van der Waals surface area contributed by atoms with Gasteiger partial charge in [-0.05, 0) is 37.3 Å². The molecule has 39 heavy (non-hydrogen) atoms. The number of aliphatic carboxylic acids is 2. The van der Waals surface area contributed by atoms with Crippen LogP contribution in [0.2, 0.25) is 0 Å². The first-order chi connectivity index (χ1) is 18.2. The molecule has 0 bridgehead atoms. The molecule has 4 rings (SSSR count). The van der Waals surface area contributed by atoms with Gasteiger partial charge in [0.1, 0.15) is 5.82 Å². The Kier molecular flexibility index (Phi) is 10.8. The van der Waals surface area contributed by atoms with Crippen molar-refractivity contribution in [3.8, 4) is 5.95 Å². The fraction of sp³-hybridized carbons (Fsp3) is 0.348. The number of piperazine rings is 1. The zero-order chi connectivity index (χ0) is 29.2. The smallest absolute Gasteiger partial charge is 0.475 e. The van der Waals surface area contributed by atoms with E-state index in [9.17, 15) is 26.3 Å². The predicted molar refractivity (Wildman–Crippen MR) is 125 cm³/mol. The molecule has 0 unspecified atom stereocenters. The second-order valence-electron chi connectivity index (χ2n) is 7.92. The average Bonchev–Trinajstić information content (AvgIpc) is 3.33. The van der Waals surface area contributed by atoms with Gasteiger partial charge in [-0.15, -0.1) is 0 Å². The van der Waals surface area contributed by atoms with E-state index in [1.807, 2.05) is 25.3 Å². The van der Waals surface area contributed by atoms with E-state index in [1.165, 1.54) is 5.69 Å². The normalized spacial score (nSPS) is 14.0. The monoisotopic (exact) mass is 562 g/mol. The first-order valence-electron chi connectivity index (χ1n) is 11.1. The highest BCUT2D eigenvalue weighted by atomic mass is 19.4. The number of nitrogens with zero attached hydrogens (tertiary/aromatic N) is 6. The van der Waals surface area contributed by atoms with Crippen molar-refractivity contribution >= 4 is 17.8 Å². The molecule has 0 amide bonds. The third-order valence-electron chi connectivity index (χ3n) is 5.04. The summed E-state index contributed by atoms with van der Waals surface area (Å²) >= 11 is 0. The molecule has 0 atom stereocenters. The van der Waals surface area contributed by atoms with Crippen LogP contribution in [-0.4, -0.2) is 85.1 Å². The largest absolute Gasteiger partial charge is 0.490 e. The number of carboxylic acid groups (broad SMARTS) is 2. The number of halogens is 6. The SMILES string of the molecule is Cc1cccc(N2CCN(Cc3cccn3-c3ncccn3)CC2)n1.O=C(O)C(F)(F)F.O=C(O)C(F)(F)F. The van der Waals surface area contributed by atoms with Crippen molar-refractivity contribution in [2.75, 3.05) is 31.1 Å². The number of hydrogen-bond donors (Lipinski definition) is 2. The molecule has 0 saturated carbocycles. The zero-order valence-corrected chi connectivity index (χ0v) is 20.4. The molecule has 2 N–H and O–H groups in total. The van der Waals surface area contributed by atoms with Gasteiger partial charge in [0, 0.05) is 62.7 Å². The summed E-state index contributed by atoms with van der Waals surface area (Å²) in [5.74, 6) is -3.70. The highest BCUT2D eigenvalue weighted by Crippen LogP contribution is 2.17. The van der Waals surface area contributed by atoms with Crippen LogP contribution in [0.4, 0.5) is 32.2 Å². The standard InChI is InChI=1S/C19H22N6.2C2HF3O2/c1-16-5-2-7-18(22-16)24-13-11-23(12-14-24)15-17-6-3-10-25(17)19-20-8-4-9-21-19;2*3-2(4,5)1(6)7/h2-10H,11-15H2,1H3;2*(H,6,7). The molecule has 212 valence electrons. The van der Waals surface area contributed by atoms with Crippen molar-refractivity contribution in [2.45, 2.75) is 25.8 Å². The predicted octanol–water partition coefficient (Wildman–Crippen LogP) is 3.56. The highest BCUT2D eigenvalue weighted by Gasteiger charge is 2.38. The van der Waals surface area contributed by atoms with Crippen molar-refractivity contribution in [3.05, 3.63) is 66.4 Å². The van der Waals surface area contributed by atoms with E-state index in [0.29, 0.717) is 0 Å². The summed E-state index contributed by atoms with van der Waals surface area (Å²) in [5.41, 5.74) is 2.29. The summed E-state index contributed by atoms with van der Waals surface area (Å²) in [4.78, 5) is 36.0. The van der Waals surface area contributed by atoms with Crippen LogP contribution >= 0.6 is 0 Å². The van der Waals surface area contributed by atoms with E-state index >= 15 is 0 Å². The van der Waals surface area contributed by atoms with Gasteiger partial charge in [-0.2, -0.15) is 26.3 Å². The maximum absolute atomic E-state index is 10.6. The molecule has 1 aliphatic heterocycles. The Morgan fingerprint density at radius 2 is 1.38 bits per heavy atom. The van der Waals surface area contributed by atoms with Crippen LogP contribution in [0, 0.1) is 6.92 Å². The lowest BCUT2D eigenvalue weighted by Gasteiger charge is -2.35. The number of carboxylic acids is 2. The van der Waals surface area contributed by atoms with Gasteiger partial charge >= 0.3 is 24.3 Å². The van der Waals surface area contributed by atoms with Crippen LogP contribution in [0.5, 0.6) is 0 Å². The minimum Gasteiger partial charge on any atom is -0.475 e. The van der Waals surface area contributed by atoms with Crippen molar-refractivity contribution in [1.82, 2.24) is 24.4 Å². The molecular formula is C23H24F6N6O4. The molecule has 1 aliphatic rings. The fourth-order valence-electron chi connectivity index (χ4n) is 3.22. The van der Waals surface area contributed by atoms with Crippen LogP contribution in [-0.2, 0) is 16.1 Å². The van der Waals surface area contributed by atoms with Gasteiger partial charge in [-0.3, -0.25) is 9.47 Å². The number of hydrogen-bond acceptors (Lipinski definition) is 7. The molecule has 0 aromatic carbocycles. The van der Waals surface area contributed by atoms with Crippen molar-refractivity contribution in [1.29, 1.82) is 0 Å². The summed E-state index contributed by atoms with van der Waals surface area (Å²) in [5, 5.41) is 14.2. The molecule has 4 heterocycles. The van der Waals surface area contributed by atoms with Gasteiger partial charge < -0.3 is 15.1 Å². The van der Waals surface area contributed by atoms with E-state index < -0.39 is 24.3 Å². The Bertz CT molecular complexity index is 1190. The first kappa shape index (κ1) is 31.0. The Morgan fingerprint density at radius 3 is 1.87 bits per heavy atom. The van der Waals surface area contributed by atoms with Crippen LogP contribution in [0.3, 0.4) is 0 Å². The second kappa shape index (κ2) is 13.5. The number of alkyl halides is 6. The van der Waals surface area contributed by atoms with Crippen LogP contribution in [0.15, 0.2) is 55.0 Å². The van der Waals surface area contributed by atoms with E-state index in [2.05, 4.69) is 53.6 Å². The summed E-state index contributed by atoms with van der Waals surface area (Å²) in [6.07, 6.45) is -4.59. The molecule has 0 radical (unpaired) electrons. The maximum Gasteiger partial charge on any atom is 0.490 e. The molecule has 10 nitrogen and oxygen atoms in total. The molecule has 16 heteroatoms. The van der Waals surface area contributed by atoms with Crippen molar-refractivity contribution in [3.63, 3.8) is 0 Å². The van der Waals surface area contributed by atoms with Crippen molar-refractivity contribution < 1.29 is 46.1 Å². The topological polar surface area (TPSA) is 125 Å². The molecule has 3 aromatic rings. The number of aromatic nitrogens is 4. The van der Waals surface area contributed by atoms with E-state index in [-0.39, 0.29) is 0 Å². The Morgan fingerprint density at radius 1 is 0.846 bits per heavy atom. The lowest BCUT2D eigenvalue weighted by molar-refractivity contribution is -0.193. The number of rotatable bonds is 4. The number of anilines is 1. The highest BCUT2D eigenvalue weighted by molar-refractivity contribution is 5.73. The summed E-state index contributed by atoms with van der Waals surface area (Å²) in [6.45, 7) is 6.99. The Hall–Kier alpha value is -4.21. The maximum atomic E-state index is 10.6. The number of pyridine rings is 1. The quantitative estimate of drug-likeness (QED) is 0.460. The van der Waals surface area contributed by atoms with Gasteiger partial charge in [-0.25, -0.2) is 24.5 Å². The van der Waals surface area contributed by atoms with E-state index in [4.69, 9.17) is 19.8 Å². The molecule has 0 aliphatic carbocycles. The summed E-state index contributed by atoms with van der Waals surface area (Å²) < 4.78 is 65.5. The molecule has 3 aromatic heterocycles. The van der Waals surface area contributed by atoms with Crippen LogP contribution in [0.1, 0.15) is 11.4 Å². The minimum atomic E-state index is -5.08. The average molecular weight is 562 g/mol. The molecule has 1 saturated heterocycles. The third-order valence-corrected chi connectivity index (χ3v) is 5.04. The van der Waals surface area contributed by atoms with E-state index in [1.54, 1.807) is 12.4 Å². The van der Waals surface area contributed by atoms with Gasteiger partial charge in [0.2, 0.25) is 5.95 Å². The lowest BCUT2D eigenvalue weighted by atomic mass is 10.2. The fourth-order valence-corrected chi connectivity index (χ4v) is 3.22. The molecule has 1 fully saturated rings. The first-order valence-corrected chi connectivity index (χ1v) is 11.1. The lowest BCUT2D eigenvalue weighted by Crippen LogP contribution is -2.46. The molecular weight excluding hydrogens is 538 g/mol. The summed E-state index contributed by atoms with van der Waals surface area (Å²) in [7, 11) is 0.